The van der Waals surface area contributed by atoms with E-state index in [-0.39, 0.29) is 11.5 Å². The first-order valence-corrected chi connectivity index (χ1v) is 8.05. The first kappa shape index (κ1) is 15.8. The molecule has 0 saturated heterocycles. The summed E-state index contributed by atoms with van der Waals surface area (Å²) >= 11 is 0. The van der Waals surface area contributed by atoms with E-state index < -0.39 is 9.84 Å². The molecule has 0 fully saturated rings. The minimum Gasteiger partial charge on any atom is -0.493 e. The second-order valence-corrected chi connectivity index (χ2v) is 6.56. The molecule has 0 aliphatic carbocycles. The number of rotatable bonds is 8. The summed E-state index contributed by atoms with van der Waals surface area (Å²) in [5, 5.41) is 0. The van der Waals surface area contributed by atoms with Gasteiger partial charge in [-0.1, -0.05) is 19.1 Å². The zero-order valence-corrected chi connectivity index (χ0v) is 12.2. The van der Waals surface area contributed by atoms with Gasteiger partial charge in [0.1, 0.15) is 9.84 Å². The van der Waals surface area contributed by atoms with E-state index in [1.165, 1.54) is 0 Å². The maximum atomic E-state index is 11.4. The zero-order valence-electron chi connectivity index (χ0n) is 11.4. The van der Waals surface area contributed by atoms with E-state index in [9.17, 15) is 8.42 Å². The van der Waals surface area contributed by atoms with Gasteiger partial charge >= 0.3 is 0 Å². The molecule has 19 heavy (non-hydrogen) atoms. The van der Waals surface area contributed by atoms with Crippen molar-refractivity contribution < 1.29 is 17.9 Å². The summed E-state index contributed by atoms with van der Waals surface area (Å²) in [6, 6.07) is 5.49. The molecule has 1 aromatic carbocycles. The highest BCUT2D eigenvalue weighted by Gasteiger charge is 2.11. The summed E-state index contributed by atoms with van der Waals surface area (Å²) in [6.45, 7) is 2.31. The third-order valence-electron chi connectivity index (χ3n) is 2.79. The highest BCUT2D eigenvalue weighted by molar-refractivity contribution is 7.91. The minimum absolute atomic E-state index is 0.136. The van der Waals surface area contributed by atoms with Gasteiger partial charge in [0.05, 0.1) is 19.5 Å². The fourth-order valence-electron chi connectivity index (χ4n) is 1.64. The summed E-state index contributed by atoms with van der Waals surface area (Å²) < 4.78 is 33.5. The van der Waals surface area contributed by atoms with Crippen molar-refractivity contribution in [2.45, 2.75) is 19.9 Å². The lowest BCUT2D eigenvalue weighted by Crippen LogP contribution is -2.12. The summed E-state index contributed by atoms with van der Waals surface area (Å²) in [4.78, 5) is 0. The average Bonchev–Trinajstić information content (AvgIpc) is 2.43. The average molecular weight is 287 g/mol. The smallest absolute Gasteiger partial charge is 0.165 e. The van der Waals surface area contributed by atoms with Gasteiger partial charge < -0.3 is 15.2 Å². The quantitative estimate of drug-likeness (QED) is 0.730. The maximum Gasteiger partial charge on any atom is 0.165 e. The van der Waals surface area contributed by atoms with Crippen LogP contribution in [-0.4, -0.2) is 33.6 Å². The molecule has 0 aliphatic rings. The van der Waals surface area contributed by atoms with Gasteiger partial charge in [-0.25, -0.2) is 8.42 Å². The van der Waals surface area contributed by atoms with Crippen molar-refractivity contribution in [3.8, 4) is 11.5 Å². The van der Waals surface area contributed by atoms with Gasteiger partial charge in [0.15, 0.2) is 11.5 Å². The van der Waals surface area contributed by atoms with Crippen molar-refractivity contribution in [3.63, 3.8) is 0 Å². The molecule has 0 amide bonds. The van der Waals surface area contributed by atoms with Crippen LogP contribution < -0.4 is 15.2 Å². The molecule has 0 aromatic heterocycles. The largest absolute Gasteiger partial charge is 0.493 e. The minimum atomic E-state index is -2.94. The standard InChI is InChI=1S/C13H21NO4S/c1-3-19(15,16)9-5-8-18-13-11(10-14)6-4-7-12(13)17-2/h4,6-7H,3,5,8-10,14H2,1-2H3. The van der Waals surface area contributed by atoms with Crippen LogP contribution in [0.25, 0.3) is 0 Å². The Kier molecular flexibility index (Phi) is 6.11. The van der Waals surface area contributed by atoms with Gasteiger partial charge in [0.2, 0.25) is 0 Å². The van der Waals surface area contributed by atoms with E-state index in [4.69, 9.17) is 15.2 Å². The highest BCUT2D eigenvalue weighted by Crippen LogP contribution is 2.30. The van der Waals surface area contributed by atoms with Crippen molar-refractivity contribution in [1.82, 2.24) is 0 Å². The fourth-order valence-corrected chi connectivity index (χ4v) is 2.49. The number of hydrogen-bond donors (Lipinski definition) is 1. The summed E-state index contributed by atoms with van der Waals surface area (Å²) in [7, 11) is -1.38. The molecule has 6 heteroatoms. The summed E-state index contributed by atoms with van der Waals surface area (Å²) in [6.07, 6.45) is 0.457. The number of hydrogen-bond acceptors (Lipinski definition) is 5. The molecule has 0 heterocycles. The lowest BCUT2D eigenvalue weighted by atomic mass is 10.2. The van der Waals surface area contributed by atoms with E-state index in [2.05, 4.69) is 0 Å². The second-order valence-electron chi connectivity index (χ2n) is 4.09. The van der Waals surface area contributed by atoms with Crippen molar-refractivity contribution in [2.75, 3.05) is 25.2 Å². The van der Waals surface area contributed by atoms with Crippen LogP contribution >= 0.6 is 0 Å². The molecular weight excluding hydrogens is 266 g/mol. The van der Waals surface area contributed by atoms with Crippen LogP contribution in [0, 0.1) is 0 Å². The molecule has 0 bridgehead atoms. The van der Waals surface area contributed by atoms with E-state index >= 15 is 0 Å². The van der Waals surface area contributed by atoms with Crippen molar-refractivity contribution in [2.24, 2.45) is 5.73 Å². The van der Waals surface area contributed by atoms with Gasteiger partial charge in [-0.3, -0.25) is 0 Å². The van der Waals surface area contributed by atoms with Crippen LogP contribution in [-0.2, 0) is 16.4 Å². The fraction of sp³-hybridized carbons (Fsp3) is 0.538. The third-order valence-corrected chi connectivity index (χ3v) is 4.58. The monoisotopic (exact) mass is 287 g/mol. The predicted octanol–water partition coefficient (Wildman–Crippen LogP) is 1.36. The van der Waals surface area contributed by atoms with Gasteiger partial charge in [-0.05, 0) is 12.5 Å². The highest BCUT2D eigenvalue weighted by atomic mass is 32.2. The molecule has 5 nitrogen and oxygen atoms in total. The molecule has 0 radical (unpaired) electrons. The maximum absolute atomic E-state index is 11.4. The Morgan fingerprint density at radius 2 is 2.05 bits per heavy atom. The number of methoxy groups -OCH3 is 1. The Morgan fingerprint density at radius 3 is 2.63 bits per heavy atom. The molecule has 0 aliphatic heterocycles. The molecule has 0 unspecified atom stereocenters. The Hall–Kier alpha value is -1.27. The van der Waals surface area contributed by atoms with Gasteiger partial charge in [0, 0.05) is 17.9 Å². The van der Waals surface area contributed by atoms with Crippen LogP contribution in [0.4, 0.5) is 0 Å². The topological polar surface area (TPSA) is 78.6 Å². The molecular formula is C13H21NO4S. The van der Waals surface area contributed by atoms with Crippen molar-refractivity contribution in [3.05, 3.63) is 23.8 Å². The summed E-state index contributed by atoms with van der Waals surface area (Å²) in [5.74, 6) is 1.51. The number of nitrogens with two attached hydrogens (primary N) is 1. The van der Waals surface area contributed by atoms with Crippen LogP contribution in [0.2, 0.25) is 0 Å². The van der Waals surface area contributed by atoms with Crippen LogP contribution in [0.3, 0.4) is 0 Å². The van der Waals surface area contributed by atoms with Gasteiger partial charge in [0.25, 0.3) is 0 Å². The SMILES string of the molecule is CCS(=O)(=O)CCCOc1c(CN)cccc1OC. The van der Waals surface area contributed by atoms with Gasteiger partial charge in [-0.2, -0.15) is 0 Å². The first-order chi connectivity index (χ1) is 9.04. The van der Waals surface area contributed by atoms with Gasteiger partial charge in [-0.15, -0.1) is 0 Å². The third kappa shape index (κ3) is 4.72. The zero-order chi connectivity index (χ0) is 14.3. The molecule has 0 atom stereocenters. The molecule has 0 saturated carbocycles. The van der Waals surface area contributed by atoms with Crippen LogP contribution in [0.5, 0.6) is 11.5 Å². The predicted molar refractivity (Wildman–Crippen MR) is 75.3 cm³/mol. The van der Waals surface area contributed by atoms with Crippen LogP contribution in [0.1, 0.15) is 18.9 Å². The van der Waals surface area contributed by atoms with E-state index in [1.54, 1.807) is 20.1 Å². The first-order valence-electron chi connectivity index (χ1n) is 6.23. The Labute approximate surface area is 114 Å². The van der Waals surface area contributed by atoms with E-state index in [0.717, 1.165) is 5.56 Å². The lowest BCUT2D eigenvalue weighted by Gasteiger charge is -2.14. The number of para-hydroxylation sites is 1. The van der Waals surface area contributed by atoms with Crippen molar-refractivity contribution in [1.29, 1.82) is 0 Å². The summed E-state index contributed by atoms with van der Waals surface area (Å²) in [5.41, 5.74) is 6.48. The van der Waals surface area contributed by atoms with Crippen molar-refractivity contribution >= 4 is 9.84 Å². The molecule has 1 aromatic rings. The number of benzene rings is 1. The Morgan fingerprint density at radius 1 is 1.32 bits per heavy atom. The lowest BCUT2D eigenvalue weighted by molar-refractivity contribution is 0.291. The Balaban J connectivity index is 2.62. The van der Waals surface area contributed by atoms with E-state index in [0.29, 0.717) is 31.1 Å². The second kappa shape index (κ2) is 7.35. The normalized spacial score (nSPS) is 11.3. The Bertz CT molecular complexity index is 477. The molecule has 2 N–H and O–H groups in total. The molecule has 0 spiro atoms. The number of sulfone groups is 1. The van der Waals surface area contributed by atoms with Crippen LogP contribution in [0.15, 0.2) is 18.2 Å². The van der Waals surface area contributed by atoms with E-state index in [1.807, 2.05) is 12.1 Å². The molecule has 108 valence electrons. The molecule has 1 rings (SSSR count). The number of ether oxygens (including phenoxy) is 2.